The molecule has 1 heterocycles. The smallest absolute Gasteiger partial charge is 0.242 e. The van der Waals surface area contributed by atoms with Crippen molar-refractivity contribution >= 4 is 21.7 Å². The molecular formula is C12H23N3O4S. The number of rotatable bonds is 5. The van der Waals surface area contributed by atoms with Crippen molar-refractivity contribution in [3.05, 3.63) is 0 Å². The highest BCUT2D eigenvalue weighted by Crippen LogP contribution is 2.05. The normalized spacial score (nSPS) is 23.1. The maximum Gasteiger partial charge on any atom is 0.242 e. The predicted octanol–water partition coefficient (Wildman–Crippen LogP) is -1.21. The van der Waals surface area contributed by atoms with Crippen LogP contribution in [0.2, 0.25) is 0 Å². The van der Waals surface area contributed by atoms with Crippen molar-refractivity contribution in [1.82, 2.24) is 16.0 Å². The SMILES string of the molecule is CC(C)NC(=O)C(C)NC(=O)CC1CS(=O)(=O)CCN1. The Hall–Kier alpha value is -1.15. The van der Waals surface area contributed by atoms with Gasteiger partial charge in [-0.2, -0.15) is 0 Å². The van der Waals surface area contributed by atoms with E-state index in [-0.39, 0.29) is 41.8 Å². The molecule has 20 heavy (non-hydrogen) atoms. The van der Waals surface area contributed by atoms with Gasteiger partial charge in [0.15, 0.2) is 9.84 Å². The molecule has 1 aliphatic heterocycles. The molecule has 0 bridgehead atoms. The number of hydrogen-bond donors (Lipinski definition) is 3. The first-order valence-electron chi connectivity index (χ1n) is 6.73. The van der Waals surface area contributed by atoms with Crippen LogP contribution in [0.3, 0.4) is 0 Å². The van der Waals surface area contributed by atoms with E-state index in [2.05, 4.69) is 16.0 Å². The summed E-state index contributed by atoms with van der Waals surface area (Å²) in [6.07, 6.45) is 0.0541. The summed E-state index contributed by atoms with van der Waals surface area (Å²) in [5.41, 5.74) is 0. The monoisotopic (exact) mass is 305 g/mol. The Morgan fingerprint density at radius 3 is 2.45 bits per heavy atom. The third-order valence-electron chi connectivity index (χ3n) is 2.93. The molecule has 0 aromatic rings. The van der Waals surface area contributed by atoms with E-state index in [4.69, 9.17) is 0 Å². The quantitative estimate of drug-likeness (QED) is 0.591. The molecule has 2 atom stereocenters. The molecule has 1 rings (SSSR count). The number of carbonyl (C=O) groups excluding carboxylic acids is 2. The minimum absolute atomic E-state index is 0.00649. The number of sulfone groups is 1. The Labute approximate surface area is 119 Å². The fourth-order valence-electron chi connectivity index (χ4n) is 2.00. The molecule has 1 fully saturated rings. The number of amides is 2. The lowest BCUT2D eigenvalue weighted by molar-refractivity contribution is -0.129. The largest absolute Gasteiger partial charge is 0.352 e. The highest BCUT2D eigenvalue weighted by Gasteiger charge is 2.26. The Morgan fingerprint density at radius 2 is 1.90 bits per heavy atom. The highest BCUT2D eigenvalue weighted by molar-refractivity contribution is 7.91. The van der Waals surface area contributed by atoms with Gasteiger partial charge in [0.05, 0.1) is 11.5 Å². The van der Waals surface area contributed by atoms with Crippen LogP contribution in [0.5, 0.6) is 0 Å². The minimum atomic E-state index is -3.06. The molecule has 1 aliphatic rings. The van der Waals surface area contributed by atoms with Crippen LogP contribution >= 0.6 is 0 Å². The number of hydrogen-bond acceptors (Lipinski definition) is 5. The third kappa shape index (κ3) is 5.87. The van der Waals surface area contributed by atoms with Gasteiger partial charge < -0.3 is 16.0 Å². The molecule has 3 N–H and O–H groups in total. The van der Waals surface area contributed by atoms with Crippen molar-refractivity contribution in [1.29, 1.82) is 0 Å². The van der Waals surface area contributed by atoms with E-state index in [1.54, 1.807) is 6.92 Å². The predicted molar refractivity (Wildman–Crippen MR) is 75.9 cm³/mol. The molecule has 2 amide bonds. The molecule has 0 radical (unpaired) electrons. The summed E-state index contributed by atoms with van der Waals surface area (Å²) in [6.45, 7) is 5.64. The summed E-state index contributed by atoms with van der Waals surface area (Å²) < 4.78 is 22.9. The lowest BCUT2D eigenvalue weighted by Crippen LogP contribution is -2.50. The average molecular weight is 305 g/mol. The second-order valence-electron chi connectivity index (χ2n) is 5.42. The zero-order chi connectivity index (χ0) is 15.3. The van der Waals surface area contributed by atoms with Crippen molar-refractivity contribution in [3.63, 3.8) is 0 Å². The van der Waals surface area contributed by atoms with E-state index in [1.165, 1.54) is 0 Å². The van der Waals surface area contributed by atoms with Gasteiger partial charge in [0.2, 0.25) is 11.8 Å². The first kappa shape index (κ1) is 16.9. The Kier molecular flexibility index (Phi) is 5.94. The molecule has 0 spiro atoms. The summed E-state index contributed by atoms with van der Waals surface area (Å²) >= 11 is 0. The Bertz CT molecular complexity index is 461. The summed E-state index contributed by atoms with van der Waals surface area (Å²) in [7, 11) is -3.06. The van der Waals surface area contributed by atoms with Gasteiger partial charge in [-0.3, -0.25) is 9.59 Å². The van der Waals surface area contributed by atoms with Crippen LogP contribution < -0.4 is 16.0 Å². The maximum absolute atomic E-state index is 11.8. The Balaban J connectivity index is 2.41. The standard InChI is InChI=1S/C12H23N3O4S/c1-8(2)14-12(17)9(3)15-11(16)6-10-7-20(18,19)5-4-13-10/h8-10,13H,4-7H2,1-3H3,(H,14,17)(H,15,16). The summed E-state index contributed by atoms with van der Waals surface area (Å²) in [5.74, 6) is -0.505. The van der Waals surface area contributed by atoms with Crippen molar-refractivity contribution in [2.75, 3.05) is 18.1 Å². The van der Waals surface area contributed by atoms with E-state index < -0.39 is 15.9 Å². The number of carbonyl (C=O) groups is 2. The fourth-order valence-corrected chi connectivity index (χ4v) is 3.44. The maximum atomic E-state index is 11.8. The molecule has 8 heteroatoms. The van der Waals surface area contributed by atoms with Crippen molar-refractivity contribution < 1.29 is 18.0 Å². The van der Waals surface area contributed by atoms with Gasteiger partial charge in [-0.15, -0.1) is 0 Å². The highest BCUT2D eigenvalue weighted by atomic mass is 32.2. The van der Waals surface area contributed by atoms with Gasteiger partial charge >= 0.3 is 0 Å². The summed E-state index contributed by atoms with van der Waals surface area (Å²) in [6, 6.07) is -1.01. The minimum Gasteiger partial charge on any atom is -0.352 e. The molecule has 0 aliphatic carbocycles. The molecule has 7 nitrogen and oxygen atoms in total. The average Bonchev–Trinajstić information content (AvgIpc) is 2.25. The molecule has 116 valence electrons. The first-order chi connectivity index (χ1) is 9.19. The molecule has 1 saturated heterocycles. The van der Waals surface area contributed by atoms with Gasteiger partial charge in [0, 0.05) is 25.0 Å². The van der Waals surface area contributed by atoms with Gasteiger partial charge in [-0.25, -0.2) is 8.42 Å². The first-order valence-corrected chi connectivity index (χ1v) is 8.55. The van der Waals surface area contributed by atoms with Gasteiger partial charge in [-0.05, 0) is 20.8 Å². The number of nitrogens with one attached hydrogen (secondary N) is 3. The van der Waals surface area contributed by atoms with Crippen LogP contribution in [-0.2, 0) is 19.4 Å². The molecular weight excluding hydrogens is 282 g/mol. The van der Waals surface area contributed by atoms with E-state index in [9.17, 15) is 18.0 Å². The van der Waals surface area contributed by atoms with Gasteiger partial charge in [0.1, 0.15) is 6.04 Å². The zero-order valence-electron chi connectivity index (χ0n) is 12.1. The van der Waals surface area contributed by atoms with E-state index >= 15 is 0 Å². The van der Waals surface area contributed by atoms with E-state index in [0.717, 1.165) is 0 Å². The molecule has 2 unspecified atom stereocenters. The van der Waals surface area contributed by atoms with Crippen LogP contribution in [0.25, 0.3) is 0 Å². The second kappa shape index (κ2) is 7.03. The Morgan fingerprint density at radius 1 is 1.25 bits per heavy atom. The third-order valence-corrected chi connectivity index (χ3v) is 4.67. The molecule has 0 aromatic heterocycles. The van der Waals surface area contributed by atoms with Gasteiger partial charge in [0.25, 0.3) is 0 Å². The van der Waals surface area contributed by atoms with Gasteiger partial charge in [-0.1, -0.05) is 0 Å². The fraction of sp³-hybridized carbons (Fsp3) is 0.833. The lowest BCUT2D eigenvalue weighted by atomic mass is 10.2. The van der Waals surface area contributed by atoms with E-state index in [0.29, 0.717) is 6.54 Å². The lowest BCUT2D eigenvalue weighted by Gasteiger charge is -2.24. The summed E-state index contributed by atoms with van der Waals surface area (Å²) in [5, 5.41) is 8.27. The van der Waals surface area contributed by atoms with E-state index in [1.807, 2.05) is 13.8 Å². The molecule has 0 saturated carbocycles. The van der Waals surface area contributed by atoms with Crippen molar-refractivity contribution in [3.8, 4) is 0 Å². The molecule has 0 aromatic carbocycles. The van der Waals surface area contributed by atoms with Crippen molar-refractivity contribution in [2.45, 2.75) is 45.3 Å². The zero-order valence-corrected chi connectivity index (χ0v) is 12.9. The second-order valence-corrected chi connectivity index (χ2v) is 7.65. The van der Waals surface area contributed by atoms with Crippen LogP contribution in [0.4, 0.5) is 0 Å². The van der Waals surface area contributed by atoms with Crippen LogP contribution in [0.15, 0.2) is 0 Å². The van der Waals surface area contributed by atoms with Crippen LogP contribution in [0, 0.1) is 0 Å². The van der Waals surface area contributed by atoms with Crippen LogP contribution in [0.1, 0.15) is 27.2 Å². The van der Waals surface area contributed by atoms with Crippen LogP contribution in [-0.4, -0.2) is 56.4 Å². The van der Waals surface area contributed by atoms with Crippen molar-refractivity contribution in [2.24, 2.45) is 0 Å². The summed E-state index contributed by atoms with van der Waals surface area (Å²) in [4.78, 5) is 23.4. The topological polar surface area (TPSA) is 104 Å².